The van der Waals surface area contributed by atoms with Crippen molar-refractivity contribution >= 4 is 0 Å². The van der Waals surface area contributed by atoms with Crippen molar-refractivity contribution < 1.29 is 9.47 Å². The number of ether oxygens (including phenoxy) is 2. The average molecular weight is 235 g/mol. The van der Waals surface area contributed by atoms with E-state index in [-0.39, 0.29) is 0 Å². The van der Waals surface area contributed by atoms with E-state index in [1.165, 1.54) is 25.9 Å². The molecule has 1 aromatic carbocycles. The van der Waals surface area contributed by atoms with Crippen LogP contribution in [0.5, 0.6) is 11.5 Å². The molecule has 3 heteroatoms. The first kappa shape index (κ1) is 12.2. The molecule has 1 aliphatic heterocycles. The molecule has 0 unspecified atom stereocenters. The molecule has 0 N–H and O–H groups in total. The van der Waals surface area contributed by atoms with Crippen LogP contribution in [0.2, 0.25) is 0 Å². The zero-order valence-corrected chi connectivity index (χ0v) is 10.7. The molecule has 1 heterocycles. The van der Waals surface area contributed by atoms with Gasteiger partial charge in [0.05, 0.1) is 7.11 Å². The third kappa shape index (κ3) is 3.37. The minimum Gasteiger partial charge on any atom is -0.496 e. The minimum absolute atomic E-state index is 0.756. The standard InChI is InChI=1S/C14H21NO2/c1-12-5-6-13(11-14(12)16-2)17-10-9-15-7-3-4-8-15/h5-6,11H,3-4,7-10H2,1-2H3. The lowest BCUT2D eigenvalue weighted by atomic mass is 10.2. The molecular weight excluding hydrogens is 214 g/mol. The molecule has 1 saturated heterocycles. The van der Waals surface area contributed by atoms with Gasteiger partial charge in [-0.05, 0) is 44.5 Å². The zero-order chi connectivity index (χ0) is 12.1. The third-order valence-corrected chi connectivity index (χ3v) is 3.25. The SMILES string of the molecule is COc1cc(OCCN2CCCC2)ccc1C. The van der Waals surface area contributed by atoms with Gasteiger partial charge < -0.3 is 9.47 Å². The number of methoxy groups -OCH3 is 1. The normalized spacial score (nSPS) is 16.1. The van der Waals surface area contributed by atoms with Gasteiger partial charge in [0, 0.05) is 12.6 Å². The predicted octanol–water partition coefficient (Wildman–Crippen LogP) is 2.48. The average Bonchev–Trinajstić information content (AvgIpc) is 2.84. The van der Waals surface area contributed by atoms with Crippen LogP contribution in [0.25, 0.3) is 0 Å². The van der Waals surface area contributed by atoms with Crippen LogP contribution in [-0.2, 0) is 0 Å². The fraction of sp³-hybridized carbons (Fsp3) is 0.571. The molecule has 0 spiro atoms. The van der Waals surface area contributed by atoms with E-state index in [9.17, 15) is 0 Å². The van der Waals surface area contributed by atoms with Crippen molar-refractivity contribution in [3.05, 3.63) is 23.8 Å². The van der Waals surface area contributed by atoms with Crippen molar-refractivity contribution in [1.82, 2.24) is 4.90 Å². The maximum absolute atomic E-state index is 5.74. The summed E-state index contributed by atoms with van der Waals surface area (Å²) in [5, 5.41) is 0. The molecule has 0 bridgehead atoms. The maximum atomic E-state index is 5.74. The van der Waals surface area contributed by atoms with Crippen molar-refractivity contribution in [2.45, 2.75) is 19.8 Å². The molecule has 0 aromatic heterocycles. The molecule has 0 amide bonds. The smallest absolute Gasteiger partial charge is 0.125 e. The minimum atomic E-state index is 0.756. The van der Waals surface area contributed by atoms with Gasteiger partial charge in [-0.1, -0.05) is 6.07 Å². The Morgan fingerprint density at radius 1 is 1.24 bits per heavy atom. The molecule has 1 aromatic rings. The van der Waals surface area contributed by atoms with Crippen LogP contribution < -0.4 is 9.47 Å². The Morgan fingerprint density at radius 2 is 2.00 bits per heavy atom. The molecule has 1 aliphatic rings. The highest BCUT2D eigenvalue weighted by Crippen LogP contribution is 2.23. The van der Waals surface area contributed by atoms with E-state index >= 15 is 0 Å². The summed E-state index contributed by atoms with van der Waals surface area (Å²) in [7, 11) is 1.69. The van der Waals surface area contributed by atoms with Gasteiger partial charge >= 0.3 is 0 Å². The predicted molar refractivity (Wildman–Crippen MR) is 68.9 cm³/mol. The van der Waals surface area contributed by atoms with Crippen molar-refractivity contribution in [2.24, 2.45) is 0 Å². The van der Waals surface area contributed by atoms with Crippen LogP contribution >= 0.6 is 0 Å². The van der Waals surface area contributed by atoms with Crippen molar-refractivity contribution in [2.75, 3.05) is 33.4 Å². The van der Waals surface area contributed by atoms with Gasteiger partial charge in [0.1, 0.15) is 18.1 Å². The Kier molecular flexibility index (Phi) is 4.26. The van der Waals surface area contributed by atoms with E-state index in [1.54, 1.807) is 7.11 Å². The Labute approximate surface area is 103 Å². The molecule has 1 fully saturated rings. The Balaban J connectivity index is 1.81. The van der Waals surface area contributed by atoms with Crippen LogP contribution in [-0.4, -0.2) is 38.3 Å². The lowest BCUT2D eigenvalue weighted by molar-refractivity contribution is 0.237. The third-order valence-electron chi connectivity index (χ3n) is 3.25. The fourth-order valence-electron chi connectivity index (χ4n) is 2.19. The van der Waals surface area contributed by atoms with Crippen molar-refractivity contribution in [3.8, 4) is 11.5 Å². The molecule has 3 nitrogen and oxygen atoms in total. The van der Waals surface area contributed by atoms with Crippen molar-refractivity contribution in [1.29, 1.82) is 0 Å². The highest BCUT2D eigenvalue weighted by atomic mass is 16.5. The monoisotopic (exact) mass is 235 g/mol. The molecule has 0 atom stereocenters. The topological polar surface area (TPSA) is 21.7 Å². The number of hydrogen-bond donors (Lipinski definition) is 0. The first-order chi connectivity index (χ1) is 8.29. The van der Waals surface area contributed by atoms with Gasteiger partial charge in [-0.2, -0.15) is 0 Å². The van der Waals surface area contributed by atoms with Crippen LogP contribution in [0.1, 0.15) is 18.4 Å². The summed E-state index contributed by atoms with van der Waals surface area (Å²) in [6.45, 7) is 6.26. The largest absolute Gasteiger partial charge is 0.496 e. The van der Waals surface area contributed by atoms with E-state index in [0.29, 0.717) is 0 Å². The lowest BCUT2D eigenvalue weighted by Crippen LogP contribution is -2.25. The zero-order valence-electron chi connectivity index (χ0n) is 10.7. The van der Waals surface area contributed by atoms with E-state index in [1.807, 2.05) is 25.1 Å². The summed E-state index contributed by atoms with van der Waals surface area (Å²) in [4.78, 5) is 2.45. The first-order valence-electron chi connectivity index (χ1n) is 6.29. The second-order valence-electron chi connectivity index (χ2n) is 4.53. The van der Waals surface area contributed by atoms with Crippen LogP contribution in [0, 0.1) is 6.92 Å². The summed E-state index contributed by atoms with van der Waals surface area (Å²) in [5.74, 6) is 1.79. The molecule has 94 valence electrons. The maximum Gasteiger partial charge on any atom is 0.125 e. The highest BCUT2D eigenvalue weighted by Gasteiger charge is 2.10. The van der Waals surface area contributed by atoms with Gasteiger partial charge in [0.25, 0.3) is 0 Å². The lowest BCUT2D eigenvalue weighted by Gasteiger charge is -2.15. The number of hydrogen-bond acceptors (Lipinski definition) is 3. The van der Waals surface area contributed by atoms with Gasteiger partial charge in [-0.3, -0.25) is 4.90 Å². The Bertz CT molecular complexity index is 359. The second kappa shape index (κ2) is 5.92. The quantitative estimate of drug-likeness (QED) is 0.782. The highest BCUT2D eigenvalue weighted by molar-refractivity contribution is 5.39. The number of benzene rings is 1. The molecule has 0 radical (unpaired) electrons. The van der Waals surface area contributed by atoms with E-state index in [4.69, 9.17) is 9.47 Å². The Morgan fingerprint density at radius 3 is 2.71 bits per heavy atom. The van der Waals surface area contributed by atoms with E-state index < -0.39 is 0 Å². The molecule has 0 saturated carbocycles. The summed E-state index contributed by atoms with van der Waals surface area (Å²) >= 11 is 0. The molecular formula is C14H21NO2. The number of aryl methyl sites for hydroxylation is 1. The van der Waals surface area contributed by atoms with Gasteiger partial charge in [-0.25, -0.2) is 0 Å². The fourth-order valence-corrected chi connectivity index (χ4v) is 2.19. The van der Waals surface area contributed by atoms with Crippen LogP contribution in [0.4, 0.5) is 0 Å². The summed E-state index contributed by atoms with van der Waals surface area (Å²) in [5.41, 5.74) is 1.14. The van der Waals surface area contributed by atoms with Gasteiger partial charge in [0.15, 0.2) is 0 Å². The number of nitrogens with zero attached hydrogens (tertiary/aromatic N) is 1. The summed E-state index contributed by atoms with van der Waals surface area (Å²) < 4.78 is 11.0. The summed E-state index contributed by atoms with van der Waals surface area (Å²) in [6, 6.07) is 5.99. The van der Waals surface area contributed by atoms with Crippen LogP contribution in [0.3, 0.4) is 0 Å². The van der Waals surface area contributed by atoms with Gasteiger partial charge in [0.2, 0.25) is 0 Å². The van der Waals surface area contributed by atoms with E-state index in [2.05, 4.69) is 4.90 Å². The molecule has 0 aliphatic carbocycles. The first-order valence-corrected chi connectivity index (χ1v) is 6.29. The Hall–Kier alpha value is -1.22. The number of rotatable bonds is 5. The van der Waals surface area contributed by atoms with Crippen molar-refractivity contribution in [3.63, 3.8) is 0 Å². The summed E-state index contributed by atoms with van der Waals surface area (Å²) in [6.07, 6.45) is 2.66. The molecule has 2 rings (SSSR count). The second-order valence-corrected chi connectivity index (χ2v) is 4.53. The molecule has 17 heavy (non-hydrogen) atoms. The van der Waals surface area contributed by atoms with Crippen LogP contribution in [0.15, 0.2) is 18.2 Å². The van der Waals surface area contributed by atoms with E-state index in [0.717, 1.165) is 30.2 Å². The van der Waals surface area contributed by atoms with Gasteiger partial charge in [-0.15, -0.1) is 0 Å². The number of likely N-dealkylation sites (tertiary alicyclic amines) is 1.